The molecule has 2 aliphatic rings. The van der Waals surface area contributed by atoms with Crippen molar-refractivity contribution in [3.63, 3.8) is 0 Å². The first-order valence-electron chi connectivity index (χ1n) is 7.85. The van der Waals surface area contributed by atoms with Crippen LogP contribution in [0.2, 0.25) is 0 Å². The minimum absolute atomic E-state index is 0. The van der Waals surface area contributed by atoms with E-state index in [1.165, 1.54) is 0 Å². The number of likely N-dealkylation sites (tertiary alicyclic amines) is 1. The number of hydrogen-bond donors (Lipinski definition) is 1. The van der Waals surface area contributed by atoms with Gasteiger partial charge in [0.2, 0.25) is 5.67 Å². The van der Waals surface area contributed by atoms with Crippen LogP contribution in [0.1, 0.15) is 37.2 Å². The Hall–Kier alpha value is -0.920. The molecule has 0 bridgehead atoms. The normalized spacial score (nSPS) is 27.3. The highest BCUT2D eigenvalue weighted by atomic mass is 32.1. The lowest BCUT2D eigenvalue weighted by Gasteiger charge is -2.23. The predicted octanol–water partition coefficient (Wildman–Crippen LogP) is 3.06. The van der Waals surface area contributed by atoms with E-state index >= 15 is 4.39 Å². The van der Waals surface area contributed by atoms with Gasteiger partial charge >= 0.3 is 5.97 Å². The average Bonchev–Trinajstić information content (AvgIpc) is 3.15. The maximum Gasteiger partial charge on any atom is 0.343 e. The van der Waals surface area contributed by atoms with Gasteiger partial charge in [-0.05, 0) is 30.5 Å². The highest BCUT2D eigenvalue weighted by Gasteiger charge is 2.55. The molecule has 0 spiro atoms. The standard InChI is InChI=1S/C17H22FNO3.2H2S/c1-22-14-8-6-12(7-9-14)15-10-19(13-4-2-3-5-13)11-17(15,18)16(20)21;;/h6-9,13,15H,2-5,10-11H2,1H3,(H,20,21);2*1H2/t15-,17-;;/m1../s1. The van der Waals surface area contributed by atoms with Gasteiger partial charge in [-0.25, -0.2) is 9.18 Å². The second kappa shape index (κ2) is 8.45. The Bertz CT molecular complexity index is 551. The third-order valence-electron chi connectivity index (χ3n) is 5.12. The number of nitrogens with zero attached hydrogens (tertiary/aromatic N) is 1. The number of carbonyl (C=O) groups is 1. The van der Waals surface area contributed by atoms with Crippen LogP contribution in [0.25, 0.3) is 0 Å². The van der Waals surface area contributed by atoms with Crippen molar-refractivity contribution in [1.82, 2.24) is 4.90 Å². The van der Waals surface area contributed by atoms with E-state index in [0.29, 0.717) is 18.3 Å². The Morgan fingerprint density at radius 2 is 1.83 bits per heavy atom. The zero-order chi connectivity index (χ0) is 15.7. The number of rotatable bonds is 4. The van der Waals surface area contributed by atoms with Gasteiger partial charge in [-0.15, -0.1) is 0 Å². The summed E-state index contributed by atoms with van der Waals surface area (Å²) in [6.07, 6.45) is 4.40. The van der Waals surface area contributed by atoms with Crippen molar-refractivity contribution in [2.75, 3.05) is 20.2 Å². The number of aliphatic carboxylic acids is 1. The molecule has 1 N–H and O–H groups in total. The fourth-order valence-electron chi connectivity index (χ4n) is 3.82. The topological polar surface area (TPSA) is 49.8 Å². The van der Waals surface area contributed by atoms with Gasteiger partial charge in [-0.3, -0.25) is 4.90 Å². The van der Waals surface area contributed by atoms with E-state index in [1.54, 1.807) is 31.4 Å². The molecule has 1 aliphatic heterocycles. The van der Waals surface area contributed by atoms with Gasteiger partial charge < -0.3 is 9.84 Å². The summed E-state index contributed by atoms with van der Waals surface area (Å²) in [6, 6.07) is 7.40. The van der Waals surface area contributed by atoms with Crippen molar-refractivity contribution in [3.8, 4) is 5.75 Å². The smallest absolute Gasteiger partial charge is 0.343 e. The largest absolute Gasteiger partial charge is 0.497 e. The SMILES string of the molecule is COc1ccc([C@H]2CN(C3CCCC3)C[C@]2(F)C(=O)O)cc1.S.S. The first-order chi connectivity index (χ1) is 10.5. The fraction of sp³-hybridized carbons (Fsp3) is 0.588. The lowest BCUT2D eigenvalue weighted by atomic mass is 9.86. The number of ether oxygens (including phenoxy) is 1. The number of carboxylic acids is 1. The van der Waals surface area contributed by atoms with E-state index < -0.39 is 17.6 Å². The molecule has 1 saturated carbocycles. The van der Waals surface area contributed by atoms with Gasteiger partial charge in [0.1, 0.15) is 5.75 Å². The number of methoxy groups -OCH3 is 1. The van der Waals surface area contributed by atoms with Gasteiger partial charge in [0.25, 0.3) is 0 Å². The lowest BCUT2D eigenvalue weighted by molar-refractivity contribution is -0.151. The van der Waals surface area contributed by atoms with Gasteiger partial charge in [0.15, 0.2) is 0 Å². The molecule has 1 heterocycles. The molecule has 3 rings (SSSR count). The molecule has 0 amide bonds. The molecular formula is C17H26FNO3S2. The Labute approximate surface area is 156 Å². The molecule has 7 heteroatoms. The summed E-state index contributed by atoms with van der Waals surface area (Å²) in [7, 11) is 1.57. The summed E-state index contributed by atoms with van der Waals surface area (Å²) in [4.78, 5) is 13.6. The first kappa shape index (κ1) is 21.1. The number of benzene rings is 1. The summed E-state index contributed by atoms with van der Waals surface area (Å²) in [5, 5.41) is 9.44. The van der Waals surface area contributed by atoms with Crippen LogP contribution in [0.5, 0.6) is 5.75 Å². The first-order valence-corrected chi connectivity index (χ1v) is 7.85. The molecule has 1 aromatic rings. The van der Waals surface area contributed by atoms with Crippen molar-refractivity contribution < 1.29 is 19.0 Å². The molecular weight excluding hydrogens is 349 g/mol. The molecule has 2 fully saturated rings. The summed E-state index contributed by atoms with van der Waals surface area (Å²) in [6.45, 7) is 0.462. The zero-order valence-corrected chi connectivity index (χ0v) is 15.8. The Morgan fingerprint density at radius 1 is 1.25 bits per heavy atom. The second-order valence-corrected chi connectivity index (χ2v) is 6.36. The summed E-state index contributed by atoms with van der Waals surface area (Å²) in [5.41, 5.74) is -1.48. The van der Waals surface area contributed by atoms with Crippen LogP contribution in [-0.2, 0) is 4.79 Å². The van der Waals surface area contributed by atoms with Crippen molar-refractivity contribution in [3.05, 3.63) is 29.8 Å². The number of halogens is 1. The van der Waals surface area contributed by atoms with Gasteiger partial charge in [0.05, 0.1) is 7.11 Å². The summed E-state index contributed by atoms with van der Waals surface area (Å²) in [5.74, 6) is -1.29. The van der Waals surface area contributed by atoms with Crippen LogP contribution in [0.3, 0.4) is 0 Å². The minimum atomic E-state index is -2.21. The van der Waals surface area contributed by atoms with E-state index in [4.69, 9.17) is 4.74 Å². The number of hydrogen-bond acceptors (Lipinski definition) is 3. The Morgan fingerprint density at radius 3 is 2.33 bits per heavy atom. The summed E-state index contributed by atoms with van der Waals surface area (Å²) >= 11 is 0. The zero-order valence-electron chi connectivity index (χ0n) is 13.8. The molecule has 1 aliphatic carbocycles. The van der Waals surface area contributed by atoms with E-state index in [9.17, 15) is 9.90 Å². The molecule has 4 nitrogen and oxygen atoms in total. The van der Waals surface area contributed by atoms with Crippen molar-refractivity contribution in [2.24, 2.45) is 0 Å². The van der Waals surface area contributed by atoms with Gasteiger partial charge in [0, 0.05) is 25.0 Å². The van der Waals surface area contributed by atoms with E-state index in [2.05, 4.69) is 0 Å². The highest BCUT2D eigenvalue weighted by Crippen LogP contribution is 2.42. The van der Waals surface area contributed by atoms with Crippen LogP contribution in [0.15, 0.2) is 24.3 Å². The van der Waals surface area contributed by atoms with Crippen LogP contribution in [0.4, 0.5) is 4.39 Å². The van der Waals surface area contributed by atoms with Crippen LogP contribution in [0, 0.1) is 0 Å². The van der Waals surface area contributed by atoms with Crippen LogP contribution < -0.4 is 4.74 Å². The fourth-order valence-corrected chi connectivity index (χ4v) is 3.82. The quantitative estimate of drug-likeness (QED) is 0.879. The maximum atomic E-state index is 15.2. The molecule has 2 atom stereocenters. The molecule has 1 aromatic carbocycles. The van der Waals surface area contributed by atoms with Gasteiger partial charge in [-0.2, -0.15) is 27.0 Å². The van der Waals surface area contributed by atoms with Crippen molar-refractivity contribution >= 4 is 33.0 Å². The highest BCUT2D eigenvalue weighted by molar-refractivity contribution is 7.59. The molecule has 0 aromatic heterocycles. The molecule has 24 heavy (non-hydrogen) atoms. The van der Waals surface area contributed by atoms with Crippen molar-refractivity contribution in [2.45, 2.75) is 43.3 Å². The van der Waals surface area contributed by atoms with E-state index in [0.717, 1.165) is 31.2 Å². The second-order valence-electron chi connectivity index (χ2n) is 6.36. The Kier molecular flexibility index (Phi) is 7.44. The number of carboxylic acid groups (broad SMARTS) is 1. The minimum Gasteiger partial charge on any atom is -0.497 e. The number of alkyl halides is 1. The monoisotopic (exact) mass is 375 g/mol. The molecule has 0 unspecified atom stereocenters. The third-order valence-corrected chi connectivity index (χ3v) is 5.12. The van der Waals surface area contributed by atoms with Crippen LogP contribution in [-0.4, -0.2) is 47.9 Å². The third kappa shape index (κ3) is 3.83. The van der Waals surface area contributed by atoms with E-state index in [-0.39, 0.29) is 33.5 Å². The molecule has 1 saturated heterocycles. The van der Waals surface area contributed by atoms with Crippen LogP contribution >= 0.6 is 27.0 Å². The molecule has 0 radical (unpaired) electrons. The Balaban J connectivity index is 0.00000144. The molecule has 136 valence electrons. The van der Waals surface area contributed by atoms with E-state index in [1.807, 2.05) is 4.90 Å². The van der Waals surface area contributed by atoms with Crippen molar-refractivity contribution in [1.29, 1.82) is 0 Å². The van der Waals surface area contributed by atoms with Gasteiger partial charge in [-0.1, -0.05) is 25.0 Å². The lowest BCUT2D eigenvalue weighted by Crippen LogP contribution is -2.42. The maximum absolute atomic E-state index is 15.2. The predicted molar refractivity (Wildman–Crippen MR) is 102 cm³/mol. The summed E-state index contributed by atoms with van der Waals surface area (Å²) < 4.78 is 20.3. The average molecular weight is 376 g/mol.